The van der Waals surface area contributed by atoms with E-state index in [9.17, 15) is 4.79 Å². The highest BCUT2D eigenvalue weighted by atomic mass is 16.5. The first-order chi connectivity index (χ1) is 7.67. The molecule has 0 aromatic carbocycles. The predicted molar refractivity (Wildman–Crippen MR) is 58.4 cm³/mol. The fourth-order valence-corrected chi connectivity index (χ4v) is 1.10. The molecule has 0 radical (unpaired) electrons. The van der Waals surface area contributed by atoms with Gasteiger partial charge in [-0.3, -0.25) is 0 Å². The lowest BCUT2D eigenvalue weighted by Crippen LogP contribution is -2.28. The summed E-state index contributed by atoms with van der Waals surface area (Å²) < 4.78 is 4.90. The third-order valence-electron chi connectivity index (χ3n) is 1.87. The number of nitrogens with zero attached hydrogens (tertiary/aromatic N) is 2. The molecule has 6 nitrogen and oxygen atoms in total. The molecule has 1 heterocycles. The molecule has 86 valence electrons. The van der Waals surface area contributed by atoms with E-state index in [2.05, 4.69) is 21.9 Å². The Labute approximate surface area is 93.0 Å². The van der Waals surface area contributed by atoms with E-state index in [1.807, 2.05) is 0 Å². The van der Waals surface area contributed by atoms with Gasteiger partial charge in [0, 0.05) is 6.07 Å². The van der Waals surface area contributed by atoms with E-state index < -0.39 is 12.0 Å². The van der Waals surface area contributed by atoms with Gasteiger partial charge in [-0.05, 0) is 6.42 Å². The molecule has 1 aromatic rings. The van der Waals surface area contributed by atoms with Crippen LogP contribution in [-0.2, 0) is 4.79 Å². The van der Waals surface area contributed by atoms with Gasteiger partial charge in [-0.15, -0.1) is 6.58 Å². The number of nitrogens with one attached hydrogen (secondary N) is 1. The molecule has 0 bridgehead atoms. The Bertz CT molecular complexity index is 381. The van der Waals surface area contributed by atoms with Crippen LogP contribution in [0.5, 0.6) is 5.88 Å². The van der Waals surface area contributed by atoms with Crippen LogP contribution in [0.3, 0.4) is 0 Å². The van der Waals surface area contributed by atoms with Gasteiger partial charge >= 0.3 is 5.97 Å². The fraction of sp³-hybridized carbons (Fsp3) is 0.300. The van der Waals surface area contributed by atoms with Crippen LogP contribution in [0.25, 0.3) is 0 Å². The van der Waals surface area contributed by atoms with Gasteiger partial charge < -0.3 is 15.2 Å². The molecule has 0 saturated heterocycles. The minimum atomic E-state index is -0.961. The van der Waals surface area contributed by atoms with Crippen LogP contribution in [0.1, 0.15) is 6.42 Å². The van der Waals surface area contributed by atoms with Gasteiger partial charge in [-0.2, -0.15) is 0 Å². The van der Waals surface area contributed by atoms with Crippen molar-refractivity contribution in [3.8, 4) is 5.88 Å². The molecule has 0 aliphatic rings. The molecule has 1 atom stereocenters. The second-order valence-electron chi connectivity index (χ2n) is 3.01. The zero-order valence-electron chi connectivity index (χ0n) is 8.88. The molecule has 0 saturated carbocycles. The van der Waals surface area contributed by atoms with Crippen molar-refractivity contribution < 1.29 is 14.6 Å². The van der Waals surface area contributed by atoms with Crippen LogP contribution in [0.2, 0.25) is 0 Å². The topological polar surface area (TPSA) is 84.3 Å². The summed E-state index contributed by atoms with van der Waals surface area (Å²) in [5.74, 6) is -0.182. The van der Waals surface area contributed by atoms with E-state index in [1.165, 1.54) is 25.6 Å². The predicted octanol–water partition coefficient (Wildman–Crippen LogP) is 0.926. The zero-order valence-corrected chi connectivity index (χ0v) is 8.88. The Morgan fingerprint density at radius 1 is 1.75 bits per heavy atom. The average Bonchev–Trinajstić information content (AvgIpc) is 2.28. The first-order valence-corrected chi connectivity index (χ1v) is 4.63. The molecule has 1 aromatic heterocycles. The average molecular weight is 223 g/mol. The number of methoxy groups -OCH3 is 1. The van der Waals surface area contributed by atoms with Crippen LogP contribution >= 0.6 is 0 Å². The van der Waals surface area contributed by atoms with Gasteiger partial charge in [-0.1, -0.05) is 6.08 Å². The lowest BCUT2D eigenvalue weighted by Gasteiger charge is -2.12. The SMILES string of the molecule is C=CCC(Nc1cc(OC)ncn1)C(=O)O. The van der Waals surface area contributed by atoms with E-state index in [1.54, 1.807) is 0 Å². The fourth-order valence-electron chi connectivity index (χ4n) is 1.10. The van der Waals surface area contributed by atoms with E-state index in [4.69, 9.17) is 9.84 Å². The molecule has 0 fully saturated rings. The number of ether oxygens (including phenoxy) is 1. The summed E-state index contributed by atoms with van der Waals surface area (Å²) in [5, 5.41) is 11.7. The van der Waals surface area contributed by atoms with Crippen molar-refractivity contribution in [1.29, 1.82) is 0 Å². The van der Waals surface area contributed by atoms with Gasteiger partial charge in [0.2, 0.25) is 5.88 Å². The minimum absolute atomic E-state index is 0.307. The van der Waals surface area contributed by atoms with Crippen molar-refractivity contribution in [1.82, 2.24) is 9.97 Å². The van der Waals surface area contributed by atoms with E-state index in [0.29, 0.717) is 18.1 Å². The Morgan fingerprint density at radius 3 is 3.06 bits per heavy atom. The van der Waals surface area contributed by atoms with Crippen molar-refractivity contribution >= 4 is 11.8 Å². The second kappa shape index (κ2) is 5.69. The number of carbonyl (C=O) groups is 1. The van der Waals surface area contributed by atoms with Crippen molar-refractivity contribution in [2.75, 3.05) is 12.4 Å². The van der Waals surface area contributed by atoms with Gasteiger partial charge in [0.05, 0.1) is 7.11 Å². The molecule has 6 heteroatoms. The summed E-state index contributed by atoms with van der Waals surface area (Å²) in [5.41, 5.74) is 0. The Morgan fingerprint density at radius 2 is 2.50 bits per heavy atom. The first kappa shape index (κ1) is 12.0. The molecule has 0 aliphatic carbocycles. The standard InChI is InChI=1S/C10H13N3O3/c1-3-4-7(10(14)15)13-8-5-9(16-2)12-6-11-8/h3,5-7H,1,4H2,2H3,(H,14,15)(H,11,12,13). The lowest BCUT2D eigenvalue weighted by molar-refractivity contribution is -0.137. The number of aliphatic carboxylic acids is 1. The molecule has 1 rings (SSSR count). The zero-order chi connectivity index (χ0) is 12.0. The van der Waals surface area contributed by atoms with E-state index in [-0.39, 0.29) is 0 Å². The first-order valence-electron chi connectivity index (χ1n) is 4.63. The minimum Gasteiger partial charge on any atom is -0.481 e. The molecule has 2 N–H and O–H groups in total. The monoisotopic (exact) mass is 223 g/mol. The summed E-state index contributed by atoms with van der Waals surface area (Å²) in [4.78, 5) is 18.6. The lowest BCUT2D eigenvalue weighted by atomic mass is 10.2. The van der Waals surface area contributed by atoms with Gasteiger partial charge in [0.15, 0.2) is 0 Å². The van der Waals surface area contributed by atoms with Gasteiger partial charge in [0.25, 0.3) is 0 Å². The maximum absolute atomic E-state index is 10.9. The number of hydrogen-bond donors (Lipinski definition) is 2. The van der Waals surface area contributed by atoms with Crippen molar-refractivity contribution in [3.63, 3.8) is 0 Å². The molecule has 1 unspecified atom stereocenters. The van der Waals surface area contributed by atoms with Crippen molar-refractivity contribution in [2.45, 2.75) is 12.5 Å². The summed E-state index contributed by atoms with van der Waals surface area (Å²) in [6.07, 6.45) is 3.14. The maximum atomic E-state index is 10.9. The Balaban J connectivity index is 2.76. The Kier molecular flexibility index (Phi) is 4.26. The number of rotatable bonds is 6. The van der Waals surface area contributed by atoms with E-state index >= 15 is 0 Å². The summed E-state index contributed by atoms with van der Waals surface area (Å²) in [6.45, 7) is 3.50. The third-order valence-corrected chi connectivity index (χ3v) is 1.87. The Hall–Kier alpha value is -2.11. The number of aromatic nitrogens is 2. The quantitative estimate of drug-likeness (QED) is 0.698. The summed E-state index contributed by atoms with van der Waals surface area (Å²) in [7, 11) is 1.48. The van der Waals surface area contributed by atoms with Gasteiger partial charge in [-0.25, -0.2) is 14.8 Å². The highest BCUT2D eigenvalue weighted by Crippen LogP contribution is 2.12. The number of carboxylic acid groups (broad SMARTS) is 1. The van der Waals surface area contributed by atoms with Crippen LogP contribution in [-0.4, -0.2) is 34.2 Å². The highest BCUT2D eigenvalue weighted by Gasteiger charge is 2.15. The summed E-state index contributed by atoms with van der Waals surface area (Å²) in [6, 6.07) is 0.774. The highest BCUT2D eigenvalue weighted by molar-refractivity contribution is 5.77. The van der Waals surface area contributed by atoms with Crippen molar-refractivity contribution in [3.05, 3.63) is 25.0 Å². The number of hydrogen-bond acceptors (Lipinski definition) is 5. The molecule has 0 aliphatic heterocycles. The van der Waals surface area contributed by atoms with Gasteiger partial charge in [0.1, 0.15) is 18.2 Å². The molecule has 0 spiro atoms. The van der Waals surface area contributed by atoms with Crippen LogP contribution in [0.4, 0.5) is 5.82 Å². The third kappa shape index (κ3) is 3.23. The second-order valence-corrected chi connectivity index (χ2v) is 3.01. The maximum Gasteiger partial charge on any atom is 0.326 e. The largest absolute Gasteiger partial charge is 0.481 e. The smallest absolute Gasteiger partial charge is 0.326 e. The van der Waals surface area contributed by atoms with Crippen LogP contribution < -0.4 is 10.1 Å². The van der Waals surface area contributed by atoms with Crippen LogP contribution in [0, 0.1) is 0 Å². The van der Waals surface area contributed by atoms with Crippen LogP contribution in [0.15, 0.2) is 25.0 Å². The van der Waals surface area contributed by atoms with Crippen molar-refractivity contribution in [2.24, 2.45) is 0 Å². The van der Waals surface area contributed by atoms with E-state index in [0.717, 1.165) is 0 Å². The molecule has 16 heavy (non-hydrogen) atoms. The molecule has 0 amide bonds. The molecular formula is C10H13N3O3. The number of anilines is 1. The molecular weight excluding hydrogens is 210 g/mol. The normalized spacial score (nSPS) is 11.6. The summed E-state index contributed by atoms with van der Waals surface area (Å²) >= 11 is 0. The number of carboxylic acids is 1.